The normalized spacial score (nSPS) is 13.9. The number of hydrogen-bond donors (Lipinski definition) is 1. The average molecular weight is 236 g/mol. The van der Waals surface area contributed by atoms with Crippen LogP contribution in [0.3, 0.4) is 0 Å². The summed E-state index contributed by atoms with van der Waals surface area (Å²) in [5.74, 6) is -0.246. The highest BCUT2D eigenvalue weighted by atomic mass is 32.2. The number of rotatable bonds is 6. The number of amides is 1. The molecule has 6 heteroatoms. The second-order valence-electron chi connectivity index (χ2n) is 3.53. The molecule has 0 heterocycles. The molecule has 1 unspecified atom stereocenters. The van der Waals surface area contributed by atoms with Gasteiger partial charge >= 0.3 is 0 Å². The Kier molecular flexibility index (Phi) is 5.82. The number of sulfonamides is 1. The Morgan fingerprint density at radius 1 is 1.40 bits per heavy atom. The Hall–Kier alpha value is -0.620. The van der Waals surface area contributed by atoms with Gasteiger partial charge in [-0.2, -0.15) is 4.31 Å². The van der Waals surface area contributed by atoms with E-state index in [1.54, 1.807) is 6.92 Å². The van der Waals surface area contributed by atoms with Gasteiger partial charge in [0.1, 0.15) is 0 Å². The van der Waals surface area contributed by atoms with E-state index in [9.17, 15) is 13.2 Å². The number of nitrogens with one attached hydrogen (secondary N) is 1. The van der Waals surface area contributed by atoms with E-state index in [4.69, 9.17) is 0 Å². The van der Waals surface area contributed by atoms with Crippen LogP contribution < -0.4 is 5.32 Å². The van der Waals surface area contributed by atoms with Gasteiger partial charge < -0.3 is 5.32 Å². The van der Waals surface area contributed by atoms with Gasteiger partial charge in [0.15, 0.2) is 0 Å². The highest BCUT2D eigenvalue weighted by molar-refractivity contribution is 7.89. The first kappa shape index (κ1) is 14.4. The van der Waals surface area contributed by atoms with Crippen molar-refractivity contribution < 1.29 is 13.2 Å². The van der Waals surface area contributed by atoms with E-state index in [0.717, 1.165) is 10.7 Å². The lowest BCUT2D eigenvalue weighted by Crippen LogP contribution is -2.41. The summed E-state index contributed by atoms with van der Waals surface area (Å²) in [4.78, 5) is 11.4. The Morgan fingerprint density at radius 2 is 1.93 bits per heavy atom. The molecular weight excluding hydrogens is 216 g/mol. The van der Waals surface area contributed by atoms with Gasteiger partial charge in [0, 0.05) is 13.1 Å². The highest BCUT2D eigenvalue weighted by Gasteiger charge is 2.18. The summed E-state index contributed by atoms with van der Waals surface area (Å²) in [7, 11) is -1.85. The molecule has 0 aromatic heterocycles. The van der Waals surface area contributed by atoms with Crippen LogP contribution in [0.4, 0.5) is 0 Å². The van der Waals surface area contributed by atoms with Crippen molar-refractivity contribution >= 4 is 15.9 Å². The smallest absolute Gasteiger partial charge is 0.235 e. The minimum atomic E-state index is -3.26. The van der Waals surface area contributed by atoms with E-state index < -0.39 is 10.0 Å². The standard InChI is InChI=1S/C9H20N2O3S/c1-5-8(3)10-9(12)7-11(4)15(13,14)6-2/h8H,5-7H2,1-4H3,(H,10,12). The Bertz CT molecular complexity index is 300. The zero-order valence-corrected chi connectivity index (χ0v) is 10.6. The number of carbonyl (C=O) groups is 1. The fourth-order valence-electron chi connectivity index (χ4n) is 0.943. The third kappa shape index (κ3) is 5.13. The third-order valence-corrected chi connectivity index (χ3v) is 4.03. The van der Waals surface area contributed by atoms with Crippen LogP contribution >= 0.6 is 0 Å². The first-order valence-electron chi connectivity index (χ1n) is 5.06. The van der Waals surface area contributed by atoms with Crippen LogP contribution in [0.2, 0.25) is 0 Å². The molecular formula is C9H20N2O3S. The van der Waals surface area contributed by atoms with Gasteiger partial charge in [0.05, 0.1) is 12.3 Å². The van der Waals surface area contributed by atoms with Crippen molar-refractivity contribution in [1.82, 2.24) is 9.62 Å². The van der Waals surface area contributed by atoms with Gasteiger partial charge in [-0.3, -0.25) is 4.79 Å². The van der Waals surface area contributed by atoms with Gasteiger partial charge in [-0.05, 0) is 20.3 Å². The first-order chi connectivity index (χ1) is 6.83. The highest BCUT2D eigenvalue weighted by Crippen LogP contribution is 1.97. The molecule has 0 radical (unpaired) electrons. The molecule has 1 amide bonds. The second kappa shape index (κ2) is 6.07. The molecule has 0 aromatic carbocycles. The summed E-state index contributed by atoms with van der Waals surface area (Å²) in [5.41, 5.74) is 0. The third-order valence-electron chi connectivity index (χ3n) is 2.23. The molecule has 0 aromatic rings. The number of hydrogen-bond acceptors (Lipinski definition) is 3. The van der Waals surface area contributed by atoms with Gasteiger partial charge in [0.2, 0.25) is 15.9 Å². The van der Waals surface area contributed by atoms with Crippen molar-refractivity contribution in [1.29, 1.82) is 0 Å². The van der Waals surface area contributed by atoms with Gasteiger partial charge in [-0.15, -0.1) is 0 Å². The molecule has 0 bridgehead atoms. The molecule has 0 rings (SSSR count). The Balaban J connectivity index is 4.19. The lowest BCUT2D eigenvalue weighted by atomic mass is 10.2. The number of likely N-dealkylation sites (N-methyl/N-ethyl adjacent to an activating group) is 1. The maximum atomic E-state index is 11.4. The molecule has 15 heavy (non-hydrogen) atoms. The van der Waals surface area contributed by atoms with Gasteiger partial charge in [-0.1, -0.05) is 6.92 Å². The molecule has 1 N–H and O–H groups in total. The Morgan fingerprint density at radius 3 is 2.33 bits per heavy atom. The summed E-state index contributed by atoms with van der Waals surface area (Å²) in [6.07, 6.45) is 0.829. The zero-order valence-electron chi connectivity index (χ0n) is 9.78. The van der Waals surface area contributed by atoms with E-state index in [1.165, 1.54) is 7.05 Å². The quantitative estimate of drug-likeness (QED) is 0.715. The molecule has 0 saturated carbocycles. The van der Waals surface area contributed by atoms with E-state index in [2.05, 4.69) is 5.32 Å². The number of nitrogens with zero attached hydrogens (tertiary/aromatic N) is 1. The molecule has 0 saturated heterocycles. The molecule has 0 aliphatic rings. The Labute approximate surface area is 91.9 Å². The van der Waals surface area contributed by atoms with Crippen LogP contribution in [0.1, 0.15) is 27.2 Å². The van der Waals surface area contributed by atoms with Crippen molar-refractivity contribution in [2.24, 2.45) is 0 Å². The van der Waals surface area contributed by atoms with Crippen LogP contribution in [0.15, 0.2) is 0 Å². The summed E-state index contributed by atoms with van der Waals surface area (Å²) < 4.78 is 23.7. The minimum Gasteiger partial charge on any atom is -0.353 e. The first-order valence-corrected chi connectivity index (χ1v) is 6.67. The van der Waals surface area contributed by atoms with E-state index in [1.807, 2.05) is 13.8 Å². The van der Waals surface area contributed by atoms with Crippen molar-refractivity contribution in [3.05, 3.63) is 0 Å². The lowest BCUT2D eigenvalue weighted by molar-refractivity contribution is -0.121. The topological polar surface area (TPSA) is 66.5 Å². The lowest BCUT2D eigenvalue weighted by Gasteiger charge is -2.17. The zero-order chi connectivity index (χ0) is 12.1. The molecule has 1 atom stereocenters. The molecule has 0 aliphatic heterocycles. The van der Waals surface area contributed by atoms with Crippen molar-refractivity contribution in [2.45, 2.75) is 33.2 Å². The predicted molar refractivity (Wildman–Crippen MR) is 60.0 cm³/mol. The predicted octanol–water partition coefficient (Wildman–Crippen LogP) is 0.183. The van der Waals surface area contributed by atoms with Crippen LogP contribution in [-0.2, 0) is 14.8 Å². The maximum Gasteiger partial charge on any atom is 0.235 e. The van der Waals surface area contributed by atoms with E-state index in [0.29, 0.717) is 0 Å². The molecule has 90 valence electrons. The molecule has 0 aliphatic carbocycles. The van der Waals surface area contributed by atoms with Crippen molar-refractivity contribution in [3.63, 3.8) is 0 Å². The monoisotopic (exact) mass is 236 g/mol. The summed E-state index contributed by atoms with van der Waals surface area (Å²) in [6.45, 7) is 5.28. The SMILES string of the molecule is CCC(C)NC(=O)CN(C)S(=O)(=O)CC. The maximum absolute atomic E-state index is 11.4. The van der Waals surface area contributed by atoms with Crippen LogP contribution in [-0.4, -0.2) is 44.0 Å². The summed E-state index contributed by atoms with van der Waals surface area (Å²) in [6, 6.07) is 0.0789. The van der Waals surface area contributed by atoms with Gasteiger partial charge in [0.25, 0.3) is 0 Å². The largest absolute Gasteiger partial charge is 0.353 e. The average Bonchev–Trinajstić information content (AvgIpc) is 2.17. The molecule has 0 fully saturated rings. The van der Waals surface area contributed by atoms with Crippen LogP contribution in [0.5, 0.6) is 0 Å². The van der Waals surface area contributed by atoms with Gasteiger partial charge in [-0.25, -0.2) is 8.42 Å². The second-order valence-corrected chi connectivity index (χ2v) is 5.90. The molecule has 0 spiro atoms. The van der Waals surface area contributed by atoms with Crippen LogP contribution in [0.25, 0.3) is 0 Å². The van der Waals surface area contributed by atoms with E-state index in [-0.39, 0.29) is 24.2 Å². The number of carbonyl (C=O) groups excluding carboxylic acids is 1. The van der Waals surface area contributed by atoms with Crippen molar-refractivity contribution in [3.8, 4) is 0 Å². The minimum absolute atomic E-state index is 0.0140. The van der Waals surface area contributed by atoms with Crippen LogP contribution in [0, 0.1) is 0 Å². The summed E-state index contributed by atoms with van der Waals surface area (Å²) in [5, 5.41) is 2.71. The summed E-state index contributed by atoms with van der Waals surface area (Å²) >= 11 is 0. The van der Waals surface area contributed by atoms with E-state index >= 15 is 0 Å². The van der Waals surface area contributed by atoms with Crippen molar-refractivity contribution in [2.75, 3.05) is 19.3 Å². The fourth-order valence-corrected chi connectivity index (χ4v) is 1.70. The molecule has 5 nitrogen and oxygen atoms in total. The fraction of sp³-hybridized carbons (Fsp3) is 0.889.